The number of nitrogens with one attached hydrogen (secondary N) is 1. The fraction of sp³-hybridized carbons (Fsp3) is 0.833. The Morgan fingerprint density at radius 1 is 1.12 bits per heavy atom. The van der Waals surface area contributed by atoms with Crippen molar-refractivity contribution in [3.8, 4) is 0 Å². The molecular formula is C12H19N3O. The first-order chi connectivity index (χ1) is 7.83. The van der Waals surface area contributed by atoms with Crippen LogP contribution in [0, 0.1) is 5.92 Å². The second-order valence-corrected chi connectivity index (χ2v) is 5.30. The first kappa shape index (κ1) is 10.3. The van der Waals surface area contributed by atoms with Gasteiger partial charge in [-0.2, -0.15) is 4.98 Å². The van der Waals surface area contributed by atoms with Crippen LogP contribution >= 0.6 is 0 Å². The molecule has 1 aliphatic heterocycles. The molecule has 1 saturated carbocycles. The van der Waals surface area contributed by atoms with Gasteiger partial charge in [-0.25, -0.2) is 0 Å². The van der Waals surface area contributed by atoms with Gasteiger partial charge in [-0.15, -0.1) is 0 Å². The Labute approximate surface area is 95.8 Å². The summed E-state index contributed by atoms with van der Waals surface area (Å²) in [5.74, 6) is 3.67. The van der Waals surface area contributed by atoms with E-state index in [1.54, 1.807) is 0 Å². The van der Waals surface area contributed by atoms with E-state index >= 15 is 0 Å². The third kappa shape index (κ3) is 1.86. The molecule has 88 valence electrons. The van der Waals surface area contributed by atoms with Crippen LogP contribution < -0.4 is 5.32 Å². The van der Waals surface area contributed by atoms with Crippen molar-refractivity contribution < 1.29 is 4.52 Å². The van der Waals surface area contributed by atoms with Crippen LogP contribution in [-0.4, -0.2) is 23.2 Å². The molecule has 4 heteroatoms. The number of hydrogen-bond acceptors (Lipinski definition) is 4. The Morgan fingerprint density at radius 3 is 2.50 bits per heavy atom. The molecule has 0 aromatic carbocycles. The van der Waals surface area contributed by atoms with Gasteiger partial charge >= 0.3 is 0 Å². The van der Waals surface area contributed by atoms with E-state index in [-0.39, 0.29) is 0 Å². The van der Waals surface area contributed by atoms with Crippen molar-refractivity contribution >= 4 is 0 Å². The van der Waals surface area contributed by atoms with Crippen LogP contribution in [0.15, 0.2) is 4.52 Å². The lowest BCUT2D eigenvalue weighted by Crippen LogP contribution is -2.40. The summed E-state index contributed by atoms with van der Waals surface area (Å²) >= 11 is 0. The van der Waals surface area contributed by atoms with Crippen LogP contribution in [0.2, 0.25) is 0 Å². The van der Waals surface area contributed by atoms with Crippen molar-refractivity contribution in [1.82, 2.24) is 15.5 Å². The molecule has 16 heavy (non-hydrogen) atoms. The largest absolute Gasteiger partial charge is 0.339 e. The molecule has 2 aliphatic rings. The number of nitrogens with zero attached hydrogens (tertiary/aromatic N) is 2. The molecule has 0 amide bonds. The highest BCUT2D eigenvalue weighted by Crippen LogP contribution is 2.34. The van der Waals surface area contributed by atoms with Crippen molar-refractivity contribution in [2.45, 2.75) is 44.4 Å². The molecule has 0 atom stereocenters. The van der Waals surface area contributed by atoms with Gasteiger partial charge in [-0.1, -0.05) is 24.9 Å². The quantitative estimate of drug-likeness (QED) is 0.830. The van der Waals surface area contributed by atoms with Crippen LogP contribution in [0.5, 0.6) is 0 Å². The summed E-state index contributed by atoms with van der Waals surface area (Å²) in [6.07, 6.45) is 5.06. The highest BCUT2D eigenvalue weighted by atomic mass is 16.5. The highest BCUT2D eigenvalue weighted by Gasteiger charge is 2.28. The van der Waals surface area contributed by atoms with Gasteiger partial charge in [0, 0.05) is 19.0 Å². The average molecular weight is 221 g/mol. The van der Waals surface area contributed by atoms with Gasteiger partial charge in [0.2, 0.25) is 5.89 Å². The Balaban J connectivity index is 1.67. The van der Waals surface area contributed by atoms with Crippen molar-refractivity contribution in [1.29, 1.82) is 0 Å². The van der Waals surface area contributed by atoms with E-state index in [4.69, 9.17) is 4.52 Å². The molecule has 1 N–H and O–H groups in total. The molecule has 1 aliphatic carbocycles. The molecule has 0 bridgehead atoms. The minimum atomic E-state index is 0.462. The van der Waals surface area contributed by atoms with Crippen LogP contribution in [0.25, 0.3) is 0 Å². The maximum Gasteiger partial charge on any atom is 0.232 e. The van der Waals surface area contributed by atoms with Gasteiger partial charge in [0.15, 0.2) is 5.82 Å². The van der Waals surface area contributed by atoms with Gasteiger partial charge in [-0.3, -0.25) is 0 Å². The minimum Gasteiger partial charge on any atom is -0.339 e. The lowest BCUT2D eigenvalue weighted by Gasteiger charge is -2.24. The monoisotopic (exact) mass is 221 g/mol. The number of hydrogen-bond donors (Lipinski definition) is 1. The summed E-state index contributed by atoms with van der Waals surface area (Å²) in [6.45, 7) is 4.31. The predicted octanol–water partition coefficient (Wildman–Crippen LogP) is 2.05. The maximum atomic E-state index is 5.35. The average Bonchev–Trinajstić information content (AvgIpc) is 2.65. The molecule has 0 spiro atoms. The zero-order valence-corrected chi connectivity index (χ0v) is 9.78. The Bertz CT molecular complexity index is 351. The van der Waals surface area contributed by atoms with Crippen molar-refractivity contribution in [2.24, 2.45) is 5.92 Å². The van der Waals surface area contributed by atoms with Crippen molar-refractivity contribution in [2.75, 3.05) is 13.1 Å². The molecular weight excluding hydrogens is 202 g/mol. The van der Waals surface area contributed by atoms with E-state index in [1.807, 2.05) is 0 Å². The topological polar surface area (TPSA) is 51.0 Å². The second kappa shape index (κ2) is 4.17. The Kier molecular flexibility index (Phi) is 2.67. The molecule has 4 nitrogen and oxygen atoms in total. The molecule has 2 fully saturated rings. The number of aromatic nitrogens is 2. The first-order valence-electron chi connectivity index (χ1n) is 6.37. The number of rotatable bonds is 2. The fourth-order valence-electron chi connectivity index (χ4n) is 2.56. The summed E-state index contributed by atoms with van der Waals surface area (Å²) in [5.41, 5.74) is 0. The van der Waals surface area contributed by atoms with Crippen LogP contribution in [0.1, 0.15) is 56.2 Å². The van der Waals surface area contributed by atoms with Crippen molar-refractivity contribution in [3.05, 3.63) is 11.7 Å². The standard InChI is InChI=1S/C12H19N3O/c1-8-2-4-9(5-3-8)11-14-12(16-15-11)10-6-13-7-10/h8-10,13H,2-7H2,1H3. The zero-order valence-electron chi connectivity index (χ0n) is 9.78. The summed E-state index contributed by atoms with van der Waals surface area (Å²) in [4.78, 5) is 4.56. The van der Waals surface area contributed by atoms with Gasteiger partial charge in [0.25, 0.3) is 0 Å². The SMILES string of the molecule is CC1CCC(c2noc(C3CNC3)n2)CC1. The van der Waals surface area contributed by atoms with Crippen LogP contribution in [-0.2, 0) is 0 Å². The van der Waals surface area contributed by atoms with Gasteiger partial charge in [0.1, 0.15) is 0 Å². The van der Waals surface area contributed by atoms with Gasteiger partial charge in [0.05, 0.1) is 5.92 Å². The summed E-state index contributed by atoms with van der Waals surface area (Å²) in [6, 6.07) is 0. The lowest BCUT2D eigenvalue weighted by atomic mass is 9.83. The maximum absolute atomic E-state index is 5.35. The molecule has 0 unspecified atom stereocenters. The smallest absolute Gasteiger partial charge is 0.232 e. The minimum absolute atomic E-state index is 0.462. The predicted molar refractivity (Wildman–Crippen MR) is 60.3 cm³/mol. The molecule has 3 rings (SSSR count). The van der Waals surface area contributed by atoms with E-state index in [2.05, 4.69) is 22.4 Å². The molecule has 1 saturated heterocycles. The summed E-state index contributed by atoms with van der Waals surface area (Å²) in [5, 5.41) is 7.38. The van der Waals surface area contributed by atoms with E-state index in [1.165, 1.54) is 25.7 Å². The first-order valence-corrected chi connectivity index (χ1v) is 6.37. The fourth-order valence-corrected chi connectivity index (χ4v) is 2.56. The summed E-state index contributed by atoms with van der Waals surface area (Å²) < 4.78 is 5.35. The second-order valence-electron chi connectivity index (χ2n) is 5.30. The van der Waals surface area contributed by atoms with E-state index < -0.39 is 0 Å². The van der Waals surface area contributed by atoms with E-state index in [9.17, 15) is 0 Å². The highest BCUT2D eigenvalue weighted by molar-refractivity contribution is 5.04. The third-order valence-electron chi connectivity index (χ3n) is 3.97. The van der Waals surface area contributed by atoms with Gasteiger partial charge in [-0.05, 0) is 18.8 Å². The zero-order chi connectivity index (χ0) is 11.0. The lowest BCUT2D eigenvalue weighted by molar-refractivity contribution is 0.298. The molecule has 1 aromatic rings. The van der Waals surface area contributed by atoms with Gasteiger partial charge < -0.3 is 9.84 Å². The Morgan fingerprint density at radius 2 is 1.88 bits per heavy atom. The summed E-state index contributed by atoms with van der Waals surface area (Å²) in [7, 11) is 0. The Hall–Kier alpha value is -0.900. The molecule has 1 aromatic heterocycles. The normalized spacial score (nSPS) is 31.3. The third-order valence-corrected chi connectivity index (χ3v) is 3.97. The van der Waals surface area contributed by atoms with Crippen LogP contribution in [0.4, 0.5) is 0 Å². The molecule has 2 heterocycles. The van der Waals surface area contributed by atoms with E-state index in [0.29, 0.717) is 11.8 Å². The van der Waals surface area contributed by atoms with Crippen LogP contribution in [0.3, 0.4) is 0 Å². The molecule has 0 radical (unpaired) electrons. The van der Waals surface area contributed by atoms with E-state index in [0.717, 1.165) is 30.7 Å². The van der Waals surface area contributed by atoms with Crippen molar-refractivity contribution in [3.63, 3.8) is 0 Å².